The number of amides is 1. The van der Waals surface area contributed by atoms with Crippen molar-refractivity contribution >= 4 is 23.3 Å². The average molecular weight is 412 g/mol. The monoisotopic (exact) mass is 412 g/mol. The van der Waals surface area contributed by atoms with Gasteiger partial charge in [-0.2, -0.15) is 0 Å². The maximum absolute atomic E-state index is 12.0. The normalized spacial score (nSPS) is 13.4. The highest BCUT2D eigenvalue weighted by molar-refractivity contribution is 5.93. The number of piperidine rings is 1. The third-order valence-corrected chi connectivity index (χ3v) is 4.73. The molecule has 1 heterocycles. The van der Waals surface area contributed by atoms with Crippen LogP contribution in [0.15, 0.2) is 48.5 Å². The Balaban J connectivity index is 1.36. The summed E-state index contributed by atoms with van der Waals surface area (Å²) in [4.78, 5) is 26.2. The molecule has 7 heteroatoms. The van der Waals surface area contributed by atoms with Crippen molar-refractivity contribution in [3.05, 3.63) is 48.5 Å². The molecule has 1 aliphatic heterocycles. The van der Waals surface area contributed by atoms with Gasteiger partial charge in [0.25, 0.3) is 5.91 Å². The van der Waals surface area contributed by atoms with Crippen LogP contribution in [-0.2, 0) is 14.3 Å². The highest BCUT2D eigenvalue weighted by Crippen LogP contribution is 2.22. The lowest BCUT2D eigenvalue weighted by atomic mass is 10.1. The summed E-state index contributed by atoms with van der Waals surface area (Å²) >= 11 is 0. The number of carbonyl (C=O) groups is 2. The molecule has 1 fully saturated rings. The first kappa shape index (κ1) is 21.5. The molecule has 1 aliphatic rings. The fourth-order valence-electron chi connectivity index (χ4n) is 3.23. The van der Waals surface area contributed by atoms with Gasteiger partial charge in [-0.1, -0.05) is 0 Å². The number of rotatable bonds is 9. The summed E-state index contributed by atoms with van der Waals surface area (Å²) < 4.78 is 15.7. The molecule has 0 atom stereocenters. The van der Waals surface area contributed by atoms with Crippen molar-refractivity contribution in [1.29, 1.82) is 0 Å². The molecule has 3 rings (SSSR count). The minimum atomic E-state index is -0.612. The first-order valence-corrected chi connectivity index (χ1v) is 10.3. The summed E-state index contributed by atoms with van der Waals surface area (Å²) in [6, 6.07) is 14.6. The molecule has 2 aromatic rings. The quantitative estimate of drug-likeness (QED) is 0.634. The Kier molecular flexibility index (Phi) is 7.94. The Morgan fingerprint density at radius 3 is 2.13 bits per heavy atom. The predicted octanol–water partition coefficient (Wildman–Crippen LogP) is 3.64. The van der Waals surface area contributed by atoms with Gasteiger partial charge in [-0.25, -0.2) is 4.79 Å². The Morgan fingerprint density at radius 1 is 0.867 bits per heavy atom. The molecule has 1 amide bonds. The lowest BCUT2D eigenvalue weighted by molar-refractivity contribution is -0.149. The summed E-state index contributed by atoms with van der Waals surface area (Å²) in [7, 11) is 0. The molecule has 1 saturated heterocycles. The van der Waals surface area contributed by atoms with E-state index in [0.717, 1.165) is 24.5 Å². The number of carbonyl (C=O) groups excluding carboxylic acids is 2. The van der Waals surface area contributed by atoms with Crippen molar-refractivity contribution in [2.45, 2.75) is 26.2 Å². The smallest absolute Gasteiger partial charge is 0.344 e. The van der Waals surface area contributed by atoms with Crippen LogP contribution >= 0.6 is 0 Å². The first-order chi connectivity index (χ1) is 14.6. The average Bonchev–Trinajstić information content (AvgIpc) is 2.78. The third-order valence-electron chi connectivity index (χ3n) is 4.73. The van der Waals surface area contributed by atoms with Crippen LogP contribution in [0.2, 0.25) is 0 Å². The van der Waals surface area contributed by atoms with Crippen LogP contribution in [0.5, 0.6) is 11.5 Å². The molecule has 7 nitrogen and oxygen atoms in total. The molecule has 30 heavy (non-hydrogen) atoms. The van der Waals surface area contributed by atoms with E-state index in [1.165, 1.54) is 19.3 Å². The summed E-state index contributed by atoms with van der Waals surface area (Å²) in [5.41, 5.74) is 1.83. The van der Waals surface area contributed by atoms with E-state index in [0.29, 0.717) is 18.0 Å². The predicted molar refractivity (Wildman–Crippen MR) is 115 cm³/mol. The maximum Gasteiger partial charge on any atom is 0.344 e. The summed E-state index contributed by atoms with van der Waals surface area (Å²) in [5, 5.41) is 2.73. The van der Waals surface area contributed by atoms with Crippen molar-refractivity contribution in [3.63, 3.8) is 0 Å². The highest BCUT2D eigenvalue weighted by Gasteiger charge is 2.12. The van der Waals surface area contributed by atoms with Gasteiger partial charge in [-0.3, -0.25) is 4.79 Å². The van der Waals surface area contributed by atoms with Crippen LogP contribution in [0, 0.1) is 0 Å². The summed E-state index contributed by atoms with van der Waals surface area (Å²) in [5.74, 6) is 0.247. The fourth-order valence-corrected chi connectivity index (χ4v) is 3.23. The van der Waals surface area contributed by atoms with E-state index < -0.39 is 11.9 Å². The van der Waals surface area contributed by atoms with Crippen molar-refractivity contribution < 1.29 is 23.8 Å². The number of ether oxygens (including phenoxy) is 3. The largest absolute Gasteiger partial charge is 0.494 e. The van der Waals surface area contributed by atoms with E-state index in [-0.39, 0.29) is 13.2 Å². The standard InChI is InChI=1S/C23H28N2O5/c1-2-28-20-10-12-21(13-11-20)29-17-23(27)30-16-22(26)24-18-6-8-19(9-7-18)25-14-4-3-5-15-25/h6-13H,2-5,14-17H2,1H3,(H,24,26). The molecule has 160 valence electrons. The number of esters is 1. The lowest BCUT2D eigenvalue weighted by Crippen LogP contribution is -2.29. The molecule has 0 saturated carbocycles. The van der Waals surface area contributed by atoms with Gasteiger partial charge < -0.3 is 24.4 Å². The molecule has 2 aromatic carbocycles. The van der Waals surface area contributed by atoms with Crippen molar-refractivity contribution in [2.24, 2.45) is 0 Å². The van der Waals surface area contributed by atoms with Crippen molar-refractivity contribution in [3.8, 4) is 11.5 Å². The van der Waals surface area contributed by atoms with Gasteiger partial charge in [0.1, 0.15) is 11.5 Å². The van der Waals surface area contributed by atoms with Gasteiger partial charge in [0.2, 0.25) is 0 Å². The second-order valence-corrected chi connectivity index (χ2v) is 7.00. The number of hydrogen-bond acceptors (Lipinski definition) is 6. The Morgan fingerprint density at radius 2 is 1.50 bits per heavy atom. The maximum atomic E-state index is 12.0. The van der Waals surface area contributed by atoms with Crippen molar-refractivity contribution in [1.82, 2.24) is 0 Å². The first-order valence-electron chi connectivity index (χ1n) is 10.3. The summed E-state index contributed by atoms with van der Waals surface area (Å²) in [6.45, 7) is 3.99. The van der Waals surface area contributed by atoms with Gasteiger partial charge in [-0.15, -0.1) is 0 Å². The topological polar surface area (TPSA) is 77.1 Å². The molecule has 0 bridgehead atoms. The minimum absolute atomic E-state index is 0.272. The molecular formula is C23H28N2O5. The van der Waals surface area contributed by atoms with Crippen LogP contribution in [0.4, 0.5) is 11.4 Å². The van der Waals surface area contributed by atoms with E-state index in [2.05, 4.69) is 10.2 Å². The second kappa shape index (κ2) is 11.1. The lowest BCUT2D eigenvalue weighted by Gasteiger charge is -2.28. The van der Waals surface area contributed by atoms with Crippen LogP contribution < -0.4 is 19.7 Å². The number of hydrogen-bond donors (Lipinski definition) is 1. The van der Waals surface area contributed by atoms with E-state index in [1.807, 2.05) is 31.2 Å². The number of anilines is 2. The number of benzene rings is 2. The zero-order valence-corrected chi connectivity index (χ0v) is 17.3. The van der Waals surface area contributed by atoms with E-state index in [4.69, 9.17) is 14.2 Å². The number of nitrogens with one attached hydrogen (secondary N) is 1. The Hall–Kier alpha value is -3.22. The highest BCUT2D eigenvalue weighted by atomic mass is 16.6. The van der Waals surface area contributed by atoms with E-state index >= 15 is 0 Å². The molecule has 0 radical (unpaired) electrons. The molecule has 0 aromatic heterocycles. The SMILES string of the molecule is CCOc1ccc(OCC(=O)OCC(=O)Nc2ccc(N3CCCCC3)cc2)cc1. The minimum Gasteiger partial charge on any atom is -0.494 e. The zero-order valence-electron chi connectivity index (χ0n) is 17.3. The van der Waals surface area contributed by atoms with Crippen LogP contribution in [0.1, 0.15) is 26.2 Å². The number of nitrogens with zero attached hydrogens (tertiary/aromatic N) is 1. The van der Waals surface area contributed by atoms with Gasteiger partial charge in [0.05, 0.1) is 6.61 Å². The van der Waals surface area contributed by atoms with Gasteiger partial charge >= 0.3 is 5.97 Å². The second-order valence-electron chi connectivity index (χ2n) is 7.00. The Bertz CT molecular complexity index is 814. The molecule has 0 aliphatic carbocycles. The van der Waals surface area contributed by atoms with Crippen LogP contribution in [0.3, 0.4) is 0 Å². The van der Waals surface area contributed by atoms with E-state index in [9.17, 15) is 9.59 Å². The van der Waals surface area contributed by atoms with Crippen molar-refractivity contribution in [2.75, 3.05) is 43.1 Å². The fraction of sp³-hybridized carbons (Fsp3) is 0.391. The summed E-state index contributed by atoms with van der Waals surface area (Å²) in [6.07, 6.45) is 3.72. The molecule has 0 spiro atoms. The Labute approximate surface area is 176 Å². The third kappa shape index (κ3) is 6.69. The van der Waals surface area contributed by atoms with Crippen LogP contribution in [0.25, 0.3) is 0 Å². The van der Waals surface area contributed by atoms with Gasteiger partial charge in [0, 0.05) is 24.5 Å². The molecular weight excluding hydrogens is 384 g/mol. The van der Waals surface area contributed by atoms with Crippen LogP contribution in [-0.4, -0.2) is 44.8 Å². The van der Waals surface area contributed by atoms with E-state index in [1.54, 1.807) is 24.3 Å². The van der Waals surface area contributed by atoms with Gasteiger partial charge in [-0.05, 0) is 74.7 Å². The molecule has 1 N–H and O–H groups in total. The van der Waals surface area contributed by atoms with Gasteiger partial charge in [0.15, 0.2) is 13.2 Å². The zero-order chi connectivity index (χ0) is 21.2. The molecule has 0 unspecified atom stereocenters.